The van der Waals surface area contributed by atoms with Gasteiger partial charge in [0.15, 0.2) is 0 Å². The van der Waals surface area contributed by atoms with Crippen molar-refractivity contribution in [3.8, 4) is 11.3 Å². The number of aryl methyl sites for hydroxylation is 1. The van der Waals surface area contributed by atoms with Gasteiger partial charge in [-0.3, -0.25) is 0 Å². The molecule has 96 valence electrons. The molecule has 0 bridgehead atoms. The summed E-state index contributed by atoms with van der Waals surface area (Å²) in [6.07, 6.45) is 1.01. The van der Waals surface area contributed by atoms with Crippen molar-refractivity contribution in [2.75, 3.05) is 5.73 Å². The van der Waals surface area contributed by atoms with Crippen LogP contribution < -0.4 is 5.73 Å². The quantitative estimate of drug-likeness (QED) is 0.919. The molecule has 3 nitrogen and oxygen atoms in total. The van der Waals surface area contributed by atoms with Gasteiger partial charge in [-0.05, 0) is 31.5 Å². The SMILES string of the molecule is CCCn1c(C)nc(-c2cc(Cl)cc(Cl)c2)c1N. The second kappa shape index (κ2) is 5.21. The Kier molecular flexibility index (Phi) is 3.83. The van der Waals surface area contributed by atoms with Crippen LogP contribution in [0, 0.1) is 6.92 Å². The van der Waals surface area contributed by atoms with E-state index in [1.807, 2.05) is 23.6 Å². The molecule has 0 aliphatic carbocycles. The summed E-state index contributed by atoms with van der Waals surface area (Å²) in [4.78, 5) is 4.50. The minimum Gasteiger partial charge on any atom is -0.383 e. The van der Waals surface area contributed by atoms with Crippen LogP contribution in [0.5, 0.6) is 0 Å². The van der Waals surface area contributed by atoms with Crippen molar-refractivity contribution in [3.05, 3.63) is 34.1 Å². The van der Waals surface area contributed by atoms with E-state index < -0.39 is 0 Å². The molecular formula is C13H15Cl2N3. The van der Waals surface area contributed by atoms with Crippen molar-refractivity contribution in [2.24, 2.45) is 0 Å². The number of aromatic nitrogens is 2. The number of halogens is 2. The molecule has 1 heterocycles. The van der Waals surface area contributed by atoms with Crippen LogP contribution in [0.4, 0.5) is 5.82 Å². The van der Waals surface area contributed by atoms with Crippen molar-refractivity contribution >= 4 is 29.0 Å². The maximum atomic E-state index is 6.14. The lowest BCUT2D eigenvalue weighted by Gasteiger charge is -2.06. The molecule has 0 atom stereocenters. The van der Waals surface area contributed by atoms with Crippen molar-refractivity contribution in [1.82, 2.24) is 9.55 Å². The minimum absolute atomic E-state index is 0.583. The van der Waals surface area contributed by atoms with Crippen LogP contribution in [-0.4, -0.2) is 9.55 Å². The molecule has 0 spiro atoms. The van der Waals surface area contributed by atoms with Gasteiger partial charge in [-0.2, -0.15) is 0 Å². The number of anilines is 1. The van der Waals surface area contributed by atoms with Crippen molar-refractivity contribution in [3.63, 3.8) is 0 Å². The molecule has 0 fully saturated rings. The monoisotopic (exact) mass is 283 g/mol. The van der Waals surface area contributed by atoms with Crippen LogP contribution in [-0.2, 0) is 6.54 Å². The Morgan fingerprint density at radius 3 is 2.39 bits per heavy atom. The summed E-state index contributed by atoms with van der Waals surface area (Å²) in [7, 11) is 0. The van der Waals surface area contributed by atoms with Gasteiger partial charge in [-0.1, -0.05) is 30.1 Å². The molecule has 18 heavy (non-hydrogen) atoms. The lowest BCUT2D eigenvalue weighted by atomic mass is 10.1. The number of rotatable bonds is 3. The smallest absolute Gasteiger partial charge is 0.131 e. The summed E-state index contributed by atoms with van der Waals surface area (Å²) in [6, 6.07) is 5.34. The fourth-order valence-corrected chi connectivity index (χ4v) is 2.52. The third kappa shape index (κ3) is 2.47. The number of nitrogens with zero attached hydrogens (tertiary/aromatic N) is 2. The molecular weight excluding hydrogens is 269 g/mol. The first kappa shape index (κ1) is 13.2. The number of nitrogens with two attached hydrogens (primary N) is 1. The van der Waals surface area contributed by atoms with Gasteiger partial charge in [0, 0.05) is 22.2 Å². The molecule has 0 aliphatic rings. The molecule has 2 aromatic rings. The van der Waals surface area contributed by atoms with E-state index in [9.17, 15) is 0 Å². The molecule has 0 amide bonds. The van der Waals surface area contributed by atoms with Crippen LogP contribution in [0.2, 0.25) is 10.0 Å². The Morgan fingerprint density at radius 1 is 1.22 bits per heavy atom. The highest BCUT2D eigenvalue weighted by atomic mass is 35.5. The number of hydrogen-bond donors (Lipinski definition) is 1. The van der Waals surface area contributed by atoms with E-state index in [1.54, 1.807) is 6.07 Å². The zero-order valence-corrected chi connectivity index (χ0v) is 11.9. The van der Waals surface area contributed by atoms with E-state index in [4.69, 9.17) is 28.9 Å². The largest absolute Gasteiger partial charge is 0.383 e. The second-order valence-electron chi connectivity index (χ2n) is 4.20. The average molecular weight is 284 g/mol. The Hall–Kier alpha value is -1.19. The summed E-state index contributed by atoms with van der Waals surface area (Å²) in [5, 5.41) is 1.17. The zero-order valence-electron chi connectivity index (χ0n) is 10.4. The maximum Gasteiger partial charge on any atom is 0.131 e. The molecule has 0 aliphatic heterocycles. The summed E-state index contributed by atoms with van der Waals surface area (Å²) in [6.45, 7) is 4.91. The highest BCUT2D eigenvalue weighted by Crippen LogP contribution is 2.31. The van der Waals surface area contributed by atoms with Crippen LogP contribution in [0.15, 0.2) is 18.2 Å². The lowest BCUT2D eigenvalue weighted by molar-refractivity contribution is 0.665. The third-order valence-corrected chi connectivity index (χ3v) is 3.22. The first-order valence-corrected chi connectivity index (χ1v) is 6.57. The van der Waals surface area contributed by atoms with Crippen molar-refractivity contribution in [1.29, 1.82) is 0 Å². The standard InChI is InChI=1S/C13H15Cl2N3/c1-3-4-18-8(2)17-12(13(18)16)9-5-10(14)7-11(15)6-9/h5-7H,3-4,16H2,1-2H3. The normalized spacial score (nSPS) is 10.9. The first-order chi connectivity index (χ1) is 8.52. The fraction of sp³-hybridized carbons (Fsp3) is 0.308. The van der Waals surface area contributed by atoms with E-state index in [1.165, 1.54) is 0 Å². The predicted molar refractivity (Wildman–Crippen MR) is 77.1 cm³/mol. The van der Waals surface area contributed by atoms with E-state index in [-0.39, 0.29) is 0 Å². The molecule has 0 radical (unpaired) electrons. The van der Waals surface area contributed by atoms with E-state index >= 15 is 0 Å². The van der Waals surface area contributed by atoms with Gasteiger partial charge in [0.1, 0.15) is 17.3 Å². The number of imidazole rings is 1. The fourth-order valence-electron chi connectivity index (χ4n) is 1.99. The Morgan fingerprint density at radius 2 is 1.83 bits per heavy atom. The Bertz CT molecular complexity index is 556. The molecule has 0 saturated carbocycles. The molecule has 1 aromatic carbocycles. The number of hydrogen-bond acceptors (Lipinski definition) is 2. The van der Waals surface area contributed by atoms with Gasteiger partial charge in [0.2, 0.25) is 0 Å². The minimum atomic E-state index is 0.583. The van der Waals surface area contributed by atoms with E-state index in [0.29, 0.717) is 15.9 Å². The number of benzene rings is 1. The van der Waals surface area contributed by atoms with Gasteiger partial charge >= 0.3 is 0 Å². The van der Waals surface area contributed by atoms with Crippen LogP contribution >= 0.6 is 23.2 Å². The summed E-state index contributed by atoms with van der Waals surface area (Å²) in [5.41, 5.74) is 7.73. The molecule has 0 unspecified atom stereocenters. The molecule has 5 heteroatoms. The second-order valence-corrected chi connectivity index (χ2v) is 5.08. The van der Waals surface area contributed by atoms with E-state index in [2.05, 4.69) is 11.9 Å². The highest BCUT2D eigenvalue weighted by Gasteiger charge is 2.14. The molecule has 2 N–H and O–H groups in total. The zero-order chi connectivity index (χ0) is 13.3. The molecule has 1 aromatic heterocycles. The van der Waals surface area contributed by atoms with Crippen LogP contribution in [0.3, 0.4) is 0 Å². The van der Waals surface area contributed by atoms with Gasteiger partial charge in [0.05, 0.1) is 0 Å². The summed E-state index contributed by atoms with van der Waals surface area (Å²) >= 11 is 12.0. The van der Waals surface area contributed by atoms with Crippen molar-refractivity contribution in [2.45, 2.75) is 26.8 Å². The Balaban J connectivity index is 2.54. The first-order valence-electron chi connectivity index (χ1n) is 5.82. The van der Waals surface area contributed by atoms with Gasteiger partial charge in [-0.25, -0.2) is 4.98 Å². The van der Waals surface area contributed by atoms with Gasteiger partial charge < -0.3 is 10.3 Å². The number of nitrogen functional groups attached to an aromatic ring is 1. The summed E-state index contributed by atoms with van der Waals surface area (Å²) in [5.74, 6) is 1.56. The molecule has 0 saturated heterocycles. The average Bonchev–Trinajstić information content (AvgIpc) is 2.56. The topological polar surface area (TPSA) is 43.8 Å². The predicted octanol–water partition coefficient (Wildman–Crippen LogP) is 4.16. The Labute approximate surface area is 117 Å². The summed E-state index contributed by atoms with van der Waals surface area (Å²) < 4.78 is 2.00. The van der Waals surface area contributed by atoms with Gasteiger partial charge in [0.25, 0.3) is 0 Å². The van der Waals surface area contributed by atoms with Crippen LogP contribution in [0.1, 0.15) is 19.2 Å². The van der Waals surface area contributed by atoms with Gasteiger partial charge in [-0.15, -0.1) is 0 Å². The molecule has 2 rings (SSSR count). The third-order valence-electron chi connectivity index (χ3n) is 2.78. The van der Waals surface area contributed by atoms with Crippen molar-refractivity contribution < 1.29 is 0 Å². The highest BCUT2D eigenvalue weighted by molar-refractivity contribution is 6.35. The van der Waals surface area contributed by atoms with Crippen LogP contribution in [0.25, 0.3) is 11.3 Å². The van der Waals surface area contributed by atoms with E-state index in [0.717, 1.165) is 30.0 Å². The lowest BCUT2D eigenvalue weighted by Crippen LogP contribution is -2.04. The maximum absolute atomic E-state index is 6.14.